The van der Waals surface area contributed by atoms with E-state index in [0.717, 1.165) is 5.56 Å². The number of carbonyl (C=O) groups is 3. The second-order valence-electron chi connectivity index (χ2n) is 7.83. The minimum Gasteiger partial charge on any atom is -0.456 e. The summed E-state index contributed by atoms with van der Waals surface area (Å²) in [7, 11) is 0. The fourth-order valence-corrected chi connectivity index (χ4v) is 2.69. The number of para-hydroxylation sites is 2. The molecule has 0 fully saturated rings. The maximum Gasteiger partial charge on any atom is 0.387 e. The molecule has 2 rings (SSSR count). The minimum absolute atomic E-state index is 0.0257. The van der Waals surface area contributed by atoms with E-state index in [4.69, 9.17) is 4.74 Å². The van der Waals surface area contributed by atoms with Gasteiger partial charge in [-0.3, -0.25) is 14.4 Å². The second kappa shape index (κ2) is 10.7. The number of Topliss-reactive ketones (excluding diaryl/α,β-unsaturated/α-hetero) is 1. The Hall–Kier alpha value is -3.29. The van der Waals surface area contributed by atoms with Crippen LogP contribution in [0.2, 0.25) is 0 Å². The number of benzene rings is 2. The van der Waals surface area contributed by atoms with Crippen LogP contribution in [0, 0.1) is 0 Å². The maximum absolute atomic E-state index is 12.4. The molecule has 6 nitrogen and oxygen atoms in total. The van der Waals surface area contributed by atoms with Gasteiger partial charge in [0, 0.05) is 12.0 Å². The highest BCUT2D eigenvalue weighted by molar-refractivity contribution is 5.98. The molecular weight excluding hydrogens is 408 g/mol. The first kappa shape index (κ1) is 24.0. The lowest BCUT2D eigenvalue weighted by atomic mass is 9.86. The molecule has 0 bridgehead atoms. The fraction of sp³-hybridized carbons (Fsp3) is 0.348. The van der Waals surface area contributed by atoms with Crippen LogP contribution < -0.4 is 10.1 Å². The van der Waals surface area contributed by atoms with Crippen molar-refractivity contribution in [2.24, 2.45) is 0 Å². The lowest BCUT2D eigenvalue weighted by Gasteiger charge is -2.18. The summed E-state index contributed by atoms with van der Waals surface area (Å²) in [6.45, 7) is 2.55. The third-order valence-electron chi connectivity index (χ3n) is 4.37. The fourth-order valence-electron chi connectivity index (χ4n) is 2.69. The Bertz CT molecular complexity index is 920. The van der Waals surface area contributed by atoms with Gasteiger partial charge in [0.2, 0.25) is 0 Å². The van der Waals surface area contributed by atoms with Crippen LogP contribution in [0.5, 0.6) is 5.75 Å². The molecule has 0 heterocycles. The molecule has 2 aromatic carbocycles. The zero-order valence-corrected chi connectivity index (χ0v) is 17.6. The van der Waals surface area contributed by atoms with Gasteiger partial charge in [0.25, 0.3) is 5.91 Å². The van der Waals surface area contributed by atoms with E-state index < -0.39 is 25.1 Å². The van der Waals surface area contributed by atoms with Crippen molar-refractivity contribution in [1.29, 1.82) is 0 Å². The normalized spacial score (nSPS) is 11.2. The number of ketones is 1. The quantitative estimate of drug-likeness (QED) is 0.457. The average molecular weight is 433 g/mol. The van der Waals surface area contributed by atoms with Crippen molar-refractivity contribution in [3.8, 4) is 5.75 Å². The largest absolute Gasteiger partial charge is 0.456 e. The van der Waals surface area contributed by atoms with Gasteiger partial charge in [0.1, 0.15) is 5.75 Å². The van der Waals surface area contributed by atoms with E-state index in [0.29, 0.717) is 5.56 Å². The number of anilines is 1. The molecule has 0 radical (unpaired) electrons. The molecule has 0 aliphatic carbocycles. The van der Waals surface area contributed by atoms with Crippen LogP contribution in [-0.4, -0.2) is 30.9 Å². The first-order valence-electron chi connectivity index (χ1n) is 9.69. The van der Waals surface area contributed by atoms with Crippen LogP contribution in [0.3, 0.4) is 0 Å². The smallest absolute Gasteiger partial charge is 0.387 e. The monoisotopic (exact) mass is 433 g/mol. The highest BCUT2D eigenvalue weighted by Crippen LogP contribution is 2.25. The van der Waals surface area contributed by atoms with Gasteiger partial charge in [0.05, 0.1) is 12.1 Å². The molecule has 0 saturated carbocycles. The number of esters is 1. The van der Waals surface area contributed by atoms with Crippen LogP contribution in [0.15, 0.2) is 48.5 Å². The lowest BCUT2D eigenvalue weighted by Crippen LogP contribution is -2.21. The molecule has 0 aliphatic heterocycles. The number of nitrogens with one attached hydrogen (secondary N) is 1. The van der Waals surface area contributed by atoms with E-state index in [-0.39, 0.29) is 35.5 Å². The van der Waals surface area contributed by atoms with Gasteiger partial charge in [-0.15, -0.1) is 0 Å². The number of rotatable bonds is 9. The van der Waals surface area contributed by atoms with Crippen LogP contribution in [0.1, 0.15) is 49.5 Å². The number of hydrogen-bond acceptors (Lipinski definition) is 5. The van der Waals surface area contributed by atoms with E-state index >= 15 is 0 Å². The van der Waals surface area contributed by atoms with Crippen LogP contribution >= 0.6 is 0 Å². The molecule has 0 spiro atoms. The zero-order valence-electron chi connectivity index (χ0n) is 17.6. The van der Waals surface area contributed by atoms with Crippen molar-refractivity contribution in [3.05, 3.63) is 59.7 Å². The summed E-state index contributed by atoms with van der Waals surface area (Å²) in [5.74, 6) is -1.85. The molecule has 1 amide bonds. The molecule has 166 valence electrons. The third-order valence-corrected chi connectivity index (χ3v) is 4.37. The molecule has 8 heteroatoms. The summed E-state index contributed by atoms with van der Waals surface area (Å²) in [5.41, 5.74) is 1.58. The highest BCUT2D eigenvalue weighted by atomic mass is 19.3. The second-order valence-corrected chi connectivity index (χ2v) is 7.83. The maximum atomic E-state index is 12.4. The van der Waals surface area contributed by atoms with Crippen molar-refractivity contribution in [3.63, 3.8) is 0 Å². The number of amides is 1. The van der Waals surface area contributed by atoms with E-state index in [2.05, 4.69) is 30.8 Å². The summed E-state index contributed by atoms with van der Waals surface area (Å²) < 4.78 is 34.0. The SMILES string of the molecule is CC(C)(C)c1ccc(C(=O)CCC(=O)OCC(=O)Nc2ccccc2OC(F)F)cc1. The minimum atomic E-state index is -3.04. The van der Waals surface area contributed by atoms with Crippen LogP contribution in [-0.2, 0) is 19.7 Å². The van der Waals surface area contributed by atoms with Crippen molar-refractivity contribution >= 4 is 23.3 Å². The lowest BCUT2D eigenvalue weighted by molar-refractivity contribution is -0.147. The summed E-state index contributed by atoms with van der Waals surface area (Å²) in [6.07, 6.45) is -0.238. The van der Waals surface area contributed by atoms with Crippen molar-refractivity contribution in [2.45, 2.75) is 45.6 Å². The Kier molecular flexibility index (Phi) is 8.24. The number of hydrogen-bond donors (Lipinski definition) is 1. The summed E-state index contributed by atoms with van der Waals surface area (Å²) in [4.78, 5) is 36.0. The molecule has 31 heavy (non-hydrogen) atoms. The van der Waals surface area contributed by atoms with E-state index in [1.54, 1.807) is 12.1 Å². The molecule has 0 unspecified atom stereocenters. The molecule has 0 aliphatic rings. The Morgan fingerprint density at radius 1 is 0.968 bits per heavy atom. The van der Waals surface area contributed by atoms with Crippen molar-refractivity contribution < 1.29 is 32.6 Å². The van der Waals surface area contributed by atoms with Crippen molar-refractivity contribution in [1.82, 2.24) is 0 Å². The third kappa shape index (κ3) is 7.81. The standard InChI is InChI=1S/C23H25F2NO5/c1-23(2,3)16-10-8-15(9-11-16)18(27)12-13-21(29)30-14-20(28)26-17-6-4-5-7-19(17)31-22(24)25/h4-11,22H,12-14H2,1-3H3,(H,26,28). The molecule has 2 aromatic rings. The van der Waals surface area contributed by atoms with Gasteiger partial charge in [-0.2, -0.15) is 8.78 Å². The molecule has 0 atom stereocenters. The predicted octanol–water partition coefficient (Wildman–Crippen LogP) is 4.73. The molecule has 1 N–H and O–H groups in total. The van der Waals surface area contributed by atoms with Gasteiger partial charge in [-0.25, -0.2) is 0 Å². The highest BCUT2D eigenvalue weighted by Gasteiger charge is 2.16. The Morgan fingerprint density at radius 2 is 1.61 bits per heavy atom. The Labute approximate surface area is 179 Å². The zero-order chi connectivity index (χ0) is 23.0. The predicted molar refractivity (Wildman–Crippen MR) is 111 cm³/mol. The average Bonchev–Trinajstić information content (AvgIpc) is 2.71. The van der Waals surface area contributed by atoms with E-state index in [9.17, 15) is 23.2 Å². The first-order valence-corrected chi connectivity index (χ1v) is 9.69. The molecule has 0 aromatic heterocycles. The van der Waals surface area contributed by atoms with Gasteiger partial charge < -0.3 is 14.8 Å². The number of ether oxygens (including phenoxy) is 2. The Morgan fingerprint density at radius 3 is 2.23 bits per heavy atom. The number of halogens is 2. The summed E-state index contributed by atoms with van der Waals surface area (Å²) in [5, 5.41) is 2.34. The van der Waals surface area contributed by atoms with Gasteiger partial charge in [-0.1, -0.05) is 57.2 Å². The van der Waals surface area contributed by atoms with Gasteiger partial charge in [-0.05, 0) is 23.1 Å². The van der Waals surface area contributed by atoms with E-state index in [1.807, 2.05) is 12.1 Å². The van der Waals surface area contributed by atoms with Gasteiger partial charge in [0.15, 0.2) is 12.4 Å². The van der Waals surface area contributed by atoms with Crippen LogP contribution in [0.25, 0.3) is 0 Å². The summed E-state index contributed by atoms with van der Waals surface area (Å²) in [6, 6.07) is 12.9. The number of carbonyl (C=O) groups excluding carboxylic acids is 3. The van der Waals surface area contributed by atoms with Crippen molar-refractivity contribution in [2.75, 3.05) is 11.9 Å². The van der Waals surface area contributed by atoms with Gasteiger partial charge >= 0.3 is 12.6 Å². The Balaban J connectivity index is 1.79. The molecular formula is C23H25F2NO5. The van der Waals surface area contributed by atoms with Crippen LogP contribution in [0.4, 0.5) is 14.5 Å². The topological polar surface area (TPSA) is 81.7 Å². The number of alkyl halides is 2. The summed E-state index contributed by atoms with van der Waals surface area (Å²) >= 11 is 0. The first-order chi connectivity index (χ1) is 14.6. The molecule has 0 saturated heterocycles. The van der Waals surface area contributed by atoms with E-state index in [1.165, 1.54) is 24.3 Å².